The first kappa shape index (κ1) is 16.5. The molecule has 1 aliphatic heterocycles. The minimum atomic E-state index is 0.167. The van der Waals surface area contributed by atoms with E-state index in [1.54, 1.807) is 0 Å². The molecular formula is C17H23NO4. The summed E-state index contributed by atoms with van der Waals surface area (Å²) in [7, 11) is 0. The third-order valence-corrected chi connectivity index (χ3v) is 3.55. The Morgan fingerprint density at radius 3 is 2.91 bits per heavy atom. The Morgan fingerprint density at radius 1 is 1.23 bits per heavy atom. The monoisotopic (exact) mass is 305 g/mol. The minimum absolute atomic E-state index is 0.167. The zero-order valence-electron chi connectivity index (χ0n) is 12.8. The highest BCUT2D eigenvalue weighted by molar-refractivity contribution is 5.85. The fourth-order valence-corrected chi connectivity index (χ4v) is 2.35. The second-order valence-electron chi connectivity index (χ2n) is 5.34. The molecule has 0 N–H and O–H groups in total. The van der Waals surface area contributed by atoms with E-state index in [0.717, 1.165) is 38.0 Å². The van der Waals surface area contributed by atoms with E-state index >= 15 is 0 Å². The van der Waals surface area contributed by atoms with Crippen LogP contribution in [0.5, 0.6) is 0 Å². The van der Waals surface area contributed by atoms with Gasteiger partial charge in [-0.1, -0.05) is 35.5 Å². The van der Waals surface area contributed by atoms with Crippen molar-refractivity contribution < 1.29 is 19.1 Å². The minimum Gasteiger partial charge on any atom is -0.467 e. The topological polar surface area (TPSA) is 57.1 Å². The lowest BCUT2D eigenvalue weighted by Crippen LogP contribution is -2.09. The van der Waals surface area contributed by atoms with Crippen molar-refractivity contribution in [2.45, 2.75) is 44.8 Å². The summed E-state index contributed by atoms with van der Waals surface area (Å²) in [6.45, 7) is 2.28. The van der Waals surface area contributed by atoms with E-state index in [-0.39, 0.29) is 6.10 Å². The number of benzene rings is 1. The molecule has 0 bridgehead atoms. The number of unbranched alkanes of at least 4 members (excludes halogenated alkanes) is 1. The van der Waals surface area contributed by atoms with Crippen LogP contribution in [0.4, 0.5) is 0 Å². The van der Waals surface area contributed by atoms with E-state index in [0.29, 0.717) is 26.1 Å². The van der Waals surface area contributed by atoms with Crippen LogP contribution in [0.3, 0.4) is 0 Å². The van der Waals surface area contributed by atoms with Crippen LogP contribution in [0.25, 0.3) is 0 Å². The van der Waals surface area contributed by atoms with Crippen molar-refractivity contribution in [2.75, 3.05) is 13.2 Å². The fraction of sp³-hybridized carbons (Fsp3) is 0.529. The highest BCUT2D eigenvalue weighted by Gasteiger charge is 2.20. The van der Waals surface area contributed by atoms with E-state index in [2.05, 4.69) is 22.0 Å². The van der Waals surface area contributed by atoms with Gasteiger partial charge in [0.15, 0.2) is 0 Å². The van der Waals surface area contributed by atoms with Crippen molar-refractivity contribution in [3.8, 4) is 0 Å². The number of hydrogen-bond donors (Lipinski definition) is 0. The van der Waals surface area contributed by atoms with Gasteiger partial charge in [-0.25, -0.2) is 0 Å². The molecular weight excluding hydrogens is 282 g/mol. The Hall–Kier alpha value is -1.88. The molecule has 1 aliphatic rings. The first-order valence-corrected chi connectivity index (χ1v) is 7.77. The maximum absolute atomic E-state index is 10.1. The summed E-state index contributed by atoms with van der Waals surface area (Å²) in [6.07, 6.45) is 4.74. The highest BCUT2D eigenvalue weighted by atomic mass is 16.6. The van der Waals surface area contributed by atoms with Gasteiger partial charge in [0.1, 0.15) is 6.10 Å². The van der Waals surface area contributed by atoms with Crippen LogP contribution >= 0.6 is 0 Å². The molecule has 1 atom stereocenters. The van der Waals surface area contributed by atoms with E-state index in [4.69, 9.17) is 9.57 Å². The van der Waals surface area contributed by atoms with Gasteiger partial charge in [0.05, 0.1) is 18.9 Å². The van der Waals surface area contributed by atoms with Crippen molar-refractivity contribution in [1.82, 2.24) is 0 Å². The smallest absolute Gasteiger partial charge is 0.293 e. The molecule has 0 aliphatic carbocycles. The first-order valence-electron chi connectivity index (χ1n) is 7.77. The van der Waals surface area contributed by atoms with Gasteiger partial charge in [-0.2, -0.15) is 0 Å². The Kier molecular flexibility index (Phi) is 7.46. The number of hydrogen-bond acceptors (Lipinski definition) is 5. The average molecular weight is 305 g/mol. The third-order valence-electron chi connectivity index (χ3n) is 3.55. The summed E-state index contributed by atoms with van der Waals surface area (Å²) in [5, 5.41) is 4.03. The maximum atomic E-state index is 10.1. The summed E-state index contributed by atoms with van der Waals surface area (Å²) in [5.41, 5.74) is 2.18. The van der Waals surface area contributed by atoms with E-state index < -0.39 is 0 Å². The third kappa shape index (κ3) is 6.26. The molecule has 1 aromatic rings. The molecule has 0 aromatic heterocycles. The summed E-state index contributed by atoms with van der Waals surface area (Å²) >= 11 is 0. The van der Waals surface area contributed by atoms with Crippen molar-refractivity contribution in [3.05, 3.63) is 35.9 Å². The van der Waals surface area contributed by atoms with E-state index in [1.165, 1.54) is 5.56 Å². The summed E-state index contributed by atoms with van der Waals surface area (Å²) < 4.78 is 10.3. The molecule has 5 heteroatoms. The van der Waals surface area contributed by atoms with E-state index in [1.807, 2.05) is 18.2 Å². The van der Waals surface area contributed by atoms with Crippen molar-refractivity contribution in [3.63, 3.8) is 0 Å². The zero-order valence-corrected chi connectivity index (χ0v) is 12.8. The largest absolute Gasteiger partial charge is 0.467 e. The van der Waals surface area contributed by atoms with Crippen LogP contribution in [0.1, 0.15) is 37.7 Å². The number of rotatable bonds is 11. The normalized spacial score (nSPS) is 16.9. The summed E-state index contributed by atoms with van der Waals surface area (Å²) in [5.74, 6) is 0. The molecule has 0 amide bonds. The lowest BCUT2D eigenvalue weighted by Gasteiger charge is -2.08. The second-order valence-corrected chi connectivity index (χ2v) is 5.34. The van der Waals surface area contributed by atoms with Gasteiger partial charge < -0.3 is 14.3 Å². The molecule has 0 fully saturated rings. The van der Waals surface area contributed by atoms with Gasteiger partial charge in [-0.05, 0) is 24.8 Å². The van der Waals surface area contributed by atoms with Crippen molar-refractivity contribution in [1.29, 1.82) is 0 Å². The predicted octanol–water partition coefficient (Wildman–Crippen LogP) is 3.08. The Balaban J connectivity index is 1.45. The van der Waals surface area contributed by atoms with Crippen LogP contribution in [0.15, 0.2) is 35.5 Å². The molecule has 5 nitrogen and oxygen atoms in total. The van der Waals surface area contributed by atoms with Crippen LogP contribution in [0, 0.1) is 0 Å². The molecule has 2 rings (SSSR count). The lowest BCUT2D eigenvalue weighted by atomic mass is 10.1. The van der Waals surface area contributed by atoms with Crippen molar-refractivity contribution >= 4 is 12.2 Å². The lowest BCUT2D eigenvalue weighted by molar-refractivity contribution is -0.128. The molecule has 0 saturated carbocycles. The molecule has 1 unspecified atom stereocenters. The van der Waals surface area contributed by atoms with E-state index in [9.17, 15) is 4.79 Å². The Morgan fingerprint density at radius 2 is 2.09 bits per heavy atom. The van der Waals surface area contributed by atoms with Gasteiger partial charge in [-0.3, -0.25) is 4.79 Å². The van der Waals surface area contributed by atoms with Crippen LogP contribution < -0.4 is 0 Å². The summed E-state index contributed by atoms with van der Waals surface area (Å²) in [4.78, 5) is 15.4. The highest BCUT2D eigenvalue weighted by Crippen LogP contribution is 2.18. The molecule has 0 radical (unpaired) electrons. The number of oxime groups is 1. The second kappa shape index (κ2) is 9.95. The predicted molar refractivity (Wildman–Crippen MR) is 83.5 cm³/mol. The number of ether oxygens (including phenoxy) is 2. The van der Waals surface area contributed by atoms with Gasteiger partial charge in [0.25, 0.3) is 6.47 Å². The van der Waals surface area contributed by atoms with Gasteiger partial charge in [0.2, 0.25) is 0 Å². The molecule has 1 aromatic carbocycles. The quantitative estimate of drug-likeness (QED) is 0.466. The van der Waals surface area contributed by atoms with Crippen LogP contribution in [0.2, 0.25) is 0 Å². The molecule has 0 spiro atoms. The molecule has 1 heterocycles. The Labute approximate surface area is 131 Å². The maximum Gasteiger partial charge on any atom is 0.293 e. The van der Waals surface area contributed by atoms with Gasteiger partial charge >= 0.3 is 0 Å². The molecule has 0 saturated heterocycles. The molecule has 120 valence electrons. The standard InChI is InChI=1S/C17H23NO4/c19-14-21-11-9-16-12-17(22-18-16)8-4-5-10-20-13-15-6-2-1-3-7-15/h1-3,6-7,14,17H,4-5,8-13H2. The SMILES string of the molecule is O=COCCC1=NOC(CCCCOCc2ccccc2)C1. The first-order chi connectivity index (χ1) is 10.9. The van der Waals surface area contributed by atoms with Crippen molar-refractivity contribution in [2.24, 2.45) is 5.16 Å². The van der Waals surface area contributed by atoms with Crippen LogP contribution in [-0.4, -0.2) is 31.5 Å². The zero-order chi connectivity index (χ0) is 15.5. The Bertz CT molecular complexity index is 461. The summed E-state index contributed by atoms with van der Waals surface area (Å²) in [6, 6.07) is 10.2. The molecule has 22 heavy (non-hydrogen) atoms. The van der Waals surface area contributed by atoms with Gasteiger partial charge in [0, 0.05) is 19.4 Å². The number of nitrogens with zero attached hydrogens (tertiary/aromatic N) is 1. The van der Waals surface area contributed by atoms with Gasteiger partial charge in [-0.15, -0.1) is 0 Å². The average Bonchev–Trinajstić information content (AvgIpc) is 3.00. The number of carbonyl (C=O) groups excluding carboxylic acids is 1. The fourth-order valence-electron chi connectivity index (χ4n) is 2.35. The number of carbonyl (C=O) groups is 1. The van der Waals surface area contributed by atoms with Crippen LogP contribution in [-0.2, 0) is 25.7 Å².